The maximum absolute atomic E-state index is 12.3. The SMILES string of the molecule is CC[C@@H](C)[C@@H](CO)NC(=O)c1cc(-c2ccccc2OC)n[nH]1. The molecule has 0 aliphatic rings. The van der Waals surface area contributed by atoms with E-state index in [0.29, 0.717) is 17.1 Å². The van der Waals surface area contributed by atoms with Gasteiger partial charge in [0.05, 0.1) is 25.5 Å². The highest BCUT2D eigenvalue weighted by molar-refractivity contribution is 5.93. The largest absolute Gasteiger partial charge is 0.496 e. The molecule has 0 saturated carbocycles. The van der Waals surface area contributed by atoms with Crippen LogP contribution in [0.25, 0.3) is 11.3 Å². The Morgan fingerprint density at radius 1 is 1.43 bits per heavy atom. The zero-order valence-corrected chi connectivity index (χ0v) is 13.7. The number of para-hydroxylation sites is 1. The summed E-state index contributed by atoms with van der Waals surface area (Å²) in [6.45, 7) is 3.93. The summed E-state index contributed by atoms with van der Waals surface area (Å²) in [7, 11) is 1.59. The molecule has 124 valence electrons. The van der Waals surface area contributed by atoms with Crippen LogP contribution >= 0.6 is 0 Å². The Morgan fingerprint density at radius 2 is 2.17 bits per heavy atom. The monoisotopic (exact) mass is 317 g/mol. The molecule has 6 nitrogen and oxygen atoms in total. The number of aliphatic hydroxyl groups excluding tert-OH is 1. The number of carbonyl (C=O) groups is 1. The van der Waals surface area contributed by atoms with Crippen LogP contribution in [0, 0.1) is 5.92 Å². The second-order valence-electron chi connectivity index (χ2n) is 5.52. The summed E-state index contributed by atoms with van der Waals surface area (Å²) < 4.78 is 5.31. The van der Waals surface area contributed by atoms with E-state index in [-0.39, 0.29) is 24.5 Å². The molecule has 0 radical (unpaired) electrons. The number of ether oxygens (including phenoxy) is 1. The van der Waals surface area contributed by atoms with Crippen LogP contribution in [0.1, 0.15) is 30.8 Å². The average Bonchev–Trinajstić information content (AvgIpc) is 3.08. The first kappa shape index (κ1) is 17.0. The standard InChI is InChI=1S/C17H23N3O3/c1-4-11(2)15(10-21)18-17(22)14-9-13(19-20-14)12-7-5-6-8-16(12)23-3/h5-9,11,15,21H,4,10H2,1-3H3,(H,18,22)(H,19,20)/t11-,15-/m1/s1. The molecule has 1 heterocycles. The fourth-order valence-corrected chi connectivity index (χ4v) is 2.33. The summed E-state index contributed by atoms with van der Waals surface area (Å²) in [4.78, 5) is 12.3. The van der Waals surface area contributed by atoms with Crippen LogP contribution < -0.4 is 10.1 Å². The quantitative estimate of drug-likeness (QED) is 0.731. The number of amides is 1. The number of nitrogens with zero attached hydrogens (tertiary/aromatic N) is 1. The summed E-state index contributed by atoms with van der Waals surface area (Å²) in [5.74, 6) is 0.609. The molecule has 1 amide bonds. The smallest absolute Gasteiger partial charge is 0.269 e. The third-order valence-electron chi connectivity index (χ3n) is 4.05. The van der Waals surface area contributed by atoms with Gasteiger partial charge in [0.15, 0.2) is 0 Å². The van der Waals surface area contributed by atoms with Crippen molar-refractivity contribution in [2.45, 2.75) is 26.3 Å². The Labute approximate surface area is 135 Å². The molecular weight excluding hydrogens is 294 g/mol. The summed E-state index contributed by atoms with van der Waals surface area (Å²) in [6, 6.07) is 8.89. The second-order valence-corrected chi connectivity index (χ2v) is 5.52. The number of carbonyl (C=O) groups excluding carboxylic acids is 1. The molecule has 0 bridgehead atoms. The van der Waals surface area contributed by atoms with Crippen LogP contribution in [0.4, 0.5) is 0 Å². The van der Waals surface area contributed by atoms with E-state index in [1.54, 1.807) is 13.2 Å². The molecule has 2 rings (SSSR count). The lowest BCUT2D eigenvalue weighted by Crippen LogP contribution is -2.42. The number of aromatic nitrogens is 2. The van der Waals surface area contributed by atoms with Crippen molar-refractivity contribution in [2.24, 2.45) is 5.92 Å². The molecule has 3 N–H and O–H groups in total. The van der Waals surface area contributed by atoms with Gasteiger partial charge in [0, 0.05) is 5.56 Å². The van der Waals surface area contributed by atoms with Crippen LogP contribution in [0.2, 0.25) is 0 Å². The van der Waals surface area contributed by atoms with Gasteiger partial charge in [-0.1, -0.05) is 32.4 Å². The maximum Gasteiger partial charge on any atom is 0.269 e. The third-order valence-corrected chi connectivity index (χ3v) is 4.05. The Kier molecular flexibility index (Phi) is 5.76. The van der Waals surface area contributed by atoms with E-state index in [2.05, 4.69) is 15.5 Å². The van der Waals surface area contributed by atoms with Crippen LogP contribution in [0.3, 0.4) is 0 Å². The van der Waals surface area contributed by atoms with E-state index in [1.807, 2.05) is 38.1 Å². The van der Waals surface area contributed by atoms with Crippen molar-refractivity contribution in [2.75, 3.05) is 13.7 Å². The molecule has 6 heteroatoms. The van der Waals surface area contributed by atoms with Gasteiger partial charge in [0.2, 0.25) is 0 Å². The summed E-state index contributed by atoms with van der Waals surface area (Å²) in [6.07, 6.45) is 0.876. The highest BCUT2D eigenvalue weighted by Gasteiger charge is 2.20. The van der Waals surface area contributed by atoms with Crippen LogP contribution in [0.5, 0.6) is 5.75 Å². The normalized spacial score (nSPS) is 13.4. The van der Waals surface area contributed by atoms with Gasteiger partial charge in [0.25, 0.3) is 5.91 Å². The lowest BCUT2D eigenvalue weighted by molar-refractivity contribution is 0.0886. The van der Waals surface area contributed by atoms with Crippen molar-refractivity contribution in [3.63, 3.8) is 0 Å². The lowest BCUT2D eigenvalue weighted by atomic mass is 10.00. The Morgan fingerprint density at radius 3 is 2.83 bits per heavy atom. The molecule has 0 aliphatic carbocycles. The van der Waals surface area contributed by atoms with Crippen LogP contribution in [-0.2, 0) is 0 Å². The summed E-state index contributed by atoms with van der Waals surface area (Å²) in [5.41, 5.74) is 1.80. The molecule has 2 atom stereocenters. The predicted octanol–water partition coefficient (Wildman–Crippen LogP) is 2.22. The number of benzene rings is 1. The third kappa shape index (κ3) is 3.90. The van der Waals surface area contributed by atoms with Crippen molar-refractivity contribution in [3.8, 4) is 17.0 Å². The molecule has 23 heavy (non-hydrogen) atoms. The second kappa shape index (κ2) is 7.78. The van der Waals surface area contributed by atoms with Gasteiger partial charge in [-0.25, -0.2) is 0 Å². The van der Waals surface area contributed by atoms with E-state index in [0.717, 1.165) is 12.0 Å². The number of hydrogen-bond acceptors (Lipinski definition) is 4. The Bertz CT molecular complexity index is 654. The highest BCUT2D eigenvalue weighted by Crippen LogP contribution is 2.28. The van der Waals surface area contributed by atoms with E-state index in [1.165, 1.54) is 0 Å². The lowest BCUT2D eigenvalue weighted by Gasteiger charge is -2.21. The fraction of sp³-hybridized carbons (Fsp3) is 0.412. The number of aliphatic hydroxyl groups is 1. The van der Waals surface area contributed by atoms with Crippen molar-refractivity contribution in [1.29, 1.82) is 0 Å². The van der Waals surface area contributed by atoms with Crippen molar-refractivity contribution in [1.82, 2.24) is 15.5 Å². The van der Waals surface area contributed by atoms with E-state index >= 15 is 0 Å². The van der Waals surface area contributed by atoms with Gasteiger partial charge < -0.3 is 15.2 Å². The van der Waals surface area contributed by atoms with E-state index in [9.17, 15) is 9.90 Å². The molecule has 0 fully saturated rings. The Hall–Kier alpha value is -2.34. The summed E-state index contributed by atoms with van der Waals surface area (Å²) >= 11 is 0. The number of aromatic amines is 1. The molecule has 0 spiro atoms. The van der Waals surface area contributed by atoms with E-state index < -0.39 is 0 Å². The minimum absolute atomic E-state index is 0.0890. The van der Waals surface area contributed by atoms with Gasteiger partial charge in [-0.2, -0.15) is 5.10 Å². The van der Waals surface area contributed by atoms with Gasteiger partial charge in [-0.05, 0) is 24.1 Å². The van der Waals surface area contributed by atoms with Crippen molar-refractivity contribution < 1.29 is 14.6 Å². The zero-order valence-electron chi connectivity index (χ0n) is 13.7. The molecule has 0 aliphatic heterocycles. The maximum atomic E-state index is 12.3. The van der Waals surface area contributed by atoms with E-state index in [4.69, 9.17) is 4.74 Å². The first-order chi connectivity index (χ1) is 11.1. The highest BCUT2D eigenvalue weighted by atomic mass is 16.5. The topological polar surface area (TPSA) is 87.2 Å². The average molecular weight is 317 g/mol. The first-order valence-corrected chi connectivity index (χ1v) is 7.71. The molecular formula is C17H23N3O3. The Balaban J connectivity index is 2.17. The minimum atomic E-state index is -0.280. The van der Waals surface area contributed by atoms with Gasteiger partial charge in [-0.3, -0.25) is 9.89 Å². The fourth-order valence-electron chi connectivity index (χ4n) is 2.33. The summed E-state index contributed by atoms with van der Waals surface area (Å²) in [5, 5.41) is 19.2. The van der Waals surface area contributed by atoms with Gasteiger partial charge in [-0.15, -0.1) is 0 Å². The minimum Gasteiger partial charge on any atom is -0.496 e. The first-order valence-electron chi connectivity index (χ1n) is 7.71. The molecule has 0 saturated heterocycles. The number of hydrogen-bond donors (Lipinski definition) is 3. The molecule has 1 aromatic carbocycles. The van der Waals surface area contributed by atoms with Crippen LogP contribution in [-0.4, -0.2) is 41.0 Å². The van der Waals surface area contributed by atoms with Crippen LogP contribution in [0.15, 0.2) is 30.3 Å². The number of rotatable bonds is 7. The number of nitrogens with one attached hydrogen (secondary N) is 2. The molecule has 0 unspecified atom stereocenters. The number of methoxy groups -OCH3 is 1. The zero-order chi connectivity index (χ0) is 16.8. The van der Waals surface area contributed by atoms with Crippen molar-refractivity contribution >= 4 is 5.91 Å². The van der Waals surface area contributed by atoms with Gasteiger partial charge >= 0.3 is 0 Å². The molecule has 2 aromatic rings. The van der Waals surface area contributed by atoms with Gasteiger partial charge in [0.1, 0.15) is 11.4 Å². The number of H-pyrrole nitrogens is 1. The van der Waals surface area contributed by atoms with Crippen molar-refractivity contribution in [3.05, 3.63) is 36.0 Å². The molecule has 1 aromatic heterocycles. The predicted molar refractivity (Wildman–Crippen MR) is 88.4 cm³/mol.